The van der Waals surface area contributed by atoms with Crippen LogP contribution in [0, 0.1) is 11.7 Å². The van der Waals surface area contributed by atoms with Crippen LogP contribution in [-0.4, -0.2) is 36.1 Å². The summed E-state index contributed by atoms with van der Waals surface area (Å²) in [5.41, 5.74) is 1.00. The van der Waals surface area contributed by atoms with Crippen LogP contribution in [0.1, 0.15) is 48.0 Å². The first-order valence-electron chi connectivity index (χ1n) is 10.5. The van der Waals surface area contributed by atoms with E-state index in [-0.39, 0.29) is 29.9 Å². The van der Waals surface area contributed by atoms with Crippen molar-refractivity contribution in [2.45, 2.75) is 43.5 Å². The molecule has 0 aromatic heterocycles. The maximum atomic E-state index is 13.9. The average molecular weight is 429 g/mol. The topological polar surface area (TPSA) is 49.4 Å². The number of thioether (sulfide) groups is 1. The second kappa shape index (κ2) is 11.2. The fraction of sp³-hybridized carbons (Fsp3) is 0.417. The molecule has 0 aliphatic heterocycles. The van der Waals surface area contributed by atoms with E-state index in [0.717, 1.165) is 11.4 Å². The molecule has 0 unspecified atom stereocenters. The Morgan fingerprint density at radius 3 is 2.53 bits per heavy atom. The molecule has 2 aromatic rings. The minimum Gasteiger partial charge on any atom is -0.355 e. The molecule has 1 saturated carbocycles. The Balaban J connectivity index is 1.56. The minimum absolute atomic E-state index is 0.00691. The van der Waals surface area contributed by atoms with Crippen LogP contribution >= 0.6 is 11.8 Å². The van der Waals surface area contributed by atoms with Crippen molar-refractivity contribution >= 4 is 23.6 Å². The molecular weight excluding hydrogens is 399 g/mol. The summed E-state index contributed by atoms with van der Waals surface area (Å²) >= 11 is 1.36. The highest BCUT2D eigenvalue weighted by Crippen LogP contribution is 2.25. The maximum Gasteiger partial charge on any atom is 0.255 e. The number of nitrogens with one attached hydrogen (secondary N) is 1. The number of benzene rings is 2. The summed E-state index contributed by atoms with van der Waals surface area (Å²) in [5, 5.41) is 3.04. The summed E-state index contributed by atoms with van der Waals surface area (Å²) in [5.74, 6) is 0.341. The van der Waals surface area contributed by atoms with Crippen molar-refractivity contribution < 1.29 is 14.0 Å². The largest absolute Gasteiger partial charge is 0.355 e. The van der Waals surface area contributed by atoms with E-state index < -0.39 is 0 Å². The molecule has 0 radical (unpaired) electrons. The third kappa shape index (κ3) is 6.33. The van der Waals surface area contributed by atoms with Crippen molar-refractivity contribution in [3.63, 3.8) is 0 Å². The summed E-state index contributed by atoms with van der Waals surface area (Å²) in [6.45, 7) is 0.928. The molecule has 0 bridgehead atoms. The molecule has 0 atom stereocenters. The quantitative estimate of drug-likeness (QED) is 0.609. The molecule has 0 spiro atoms. The SMILES string of the molecule is CN(Cc1ccccc1F)C(=O)c1ccccc1SCC(=O)NCC1CCCCC1. The molecule has 6 heteroatoms. The Morgan fingerprint density at radius 2 is 1.77 bits per heavy atom. The predicted octanol–water partition coefficient (Wildman–Crippen LogP) is 4.89. The van der Waals surface area contributed by atoms with Crippen LogP contribution in [0.15, 0.2) is 53.4 Å². The first-order chi connectivity index (χ1) is 14.5. The van der Waals surface area contributed by atoms with E-state index >= 15 is 0 Å². The fourth-order valence-electron chi connectivity index (χ4n) is 3.77. The van der Waals surface area contributed by atoms with E-state index in [1.165, 1.54) is 54.8 Å². The lowest BCUT2D eigenvalue weighted by Gasteiger charge is -2.21. The highest BCUT2D eigenvalue weighted by atomic mass is 32.2. The molecule has 1 aliphatic rings. The average Bonchev–Trinajstić information content (AvgIpc) is 2.78. The number of carbonyl (C=O) groups is 2. The molecule has 3 rings (SSSR count). The van der Waals surface area contributed by atoms with Crippen LogP contribution in [0.4, 0.5) is 4.39 Å². The lowest BCUT2D eigenvalue weighted by molar-refractivity contribution is -0.118. The number of nitrogens with zero attached hydrogens (tertiary/aromatic N) is 1. The van der Waals surface area contributed by atoms with Gasteiger partial charge in [-0.15, -0.1) is 11.8 Å². The third-order valence-corrected chi connectivity index (χ3v) is 6.57. The van der Waals surface area contributed by atoms with E-state index in [9.17, 15) is 14.0 Å². The summed E-state index contributed by atoms with van der Waals surface area (Å²) < 4.78 is 13.9. The zero-order valence-electron chi connectivity index (χ0n) is 17.4. The van der Waals surface area contributed by atoms with Gasteiger partial charge in [0.2, 0.25) is 5.91 Å². The zero-order valence-corrected chi connectivity index (χ0v) is 18.2. The molecule has 2 amide bonds. The number of carbonyl (C=O) groups excluding carboxylic acids is 2. The van der Waals surface area contributed by atoms with Crippen LogP contribution in [0.2, 0.25) is 0 Å². The van der Waals surface area contributed by atoms with Gasteiger partial charge >= 0.3 is 0 Å². The van der Waals surface area contributed by atoms with Crippen molar-refractivity contribution in [2.75, 3.05) is 19.3 Å². The van der Waals surface area contributed by atoms with Crippen molar-refractivity contribution in [2.24, 2.45) is 5.92 Å². The molecule has 0 heterocycles. The van der Waals surface area contributed by atoms with E-state index in [1.54, 1.807) is 37.4 Å². The molecule has 4 nitrogen and oxygen atoms in total. The summed E-state index contributed by atoms with van der Waals surface area (Å²) in [6, 6.07) is 13.7. The maximum absolute atomic E-state index is 13.9. The molecule has 0 saturated heterocycles. The van der Waals surface area contributed by atoms with E-state index in [2.05, 4.69) is 5.32 Å². The second-order valence-electron chi connectivity index (χ2n) is 7.85. The number of amides is 2. The van der Waals surface area contributed by atoms with Gasteiger partial charge in [0, 0.05) is 30.6 Å². The smallest absolute Gasteiger partial charge is 0.255 e. The van der Waals surface area contributed by atoms with Gasteiger partial charge in [-0.2, -0.15) is 0 Å². The monoisotopic (exact) mass is 428 g/mol. The Morgan fingerprint density at radius 1 is 1.07 bits per heavy atom. The van der Waals surface area contributed by atoms with Crippen molar-refractivity contribution in [3.8, 4) is 0 Å². The molecule has 1 fully saturated rings. The summed E-state index contributed by atoms with van der Waals surface area (Å²) in [6.07, 6.45) is 6.20. The van der Waals surface area contributed by atoms with Gasteiger partial charge in [0.25, 0.3) is 5.91 Å². The van der Waals surface area contributed by atoms with Crippen LogP contribution in [0.3, 0.4) is 0 Å². The molecule has 1 aliphatic carbocycles. The summed E-state index contributed by atoms with van der Waals surface area (Å²) in [4.78, 5) is 27.5. The molecule has 2 aromatic carbocycles. The van der Waals surface area contributed by atoms with Gasteiger partial charge in [0.05, 0.1) is 11.3 Å². The van der Waals surface area contributed by atoms with Crippen molar-refractivity contribution in [1.29, 1.82) is 0 Å². The van der Waals surface area contributed by atoms with Gasteiger partial charge in [0.15, 0.2) is 0 Å². The Hall–Kier alpha value is -2.34. The standard InChI is InChI=1S/C24H29FN2O2S/c1-27(16-19-11-5-7-13-21(19)25)24(29)20-12-6-8-14-22(20)30-17-23(28)26-15-18-9-3-2-4-10-18/h5-8,11-14,18H,2-4,9-10,15-17H2,1H3,(H,26,28). The van der Waals surface area contributed by atoms with Gasteiger partial charge in [-0.3, -0.25) is 9.59 Å². The lowest BCUT2D eigenvalue weighted by atomic mass is 9.89. The van der Waals surface area contributed by atoms with Gasteiger partial charge in [0.1, 0.15) is 5.82 Å². The van der Waals surface area contributed by atoms with Crippen LogP contribution in [0.25, 0.3) is 0 Å². The van der Waals surface area contributed by atoms with Crippen molar-refractivity contribution in [1.82, 2.24) is 10.2 Å². The number of hydrogen-bond donors (Lipinski definition) is 1. The Labute approximate surface area is 182 Å². The lowest BCUT2D eigenvalue weighted by Crippen LogP contribution is -2.31. The fourth-order valence-corrected chi connectivity index (χ4v) is 4.65. The normalized spacial score (nSPS) is 14.3. The first-order valence-corrected chi connectivity index (χ1v) is 11.5. The number of halogens is 1. The third-order valence-electron chi connectivity index (χ3n) is 5.50. The summed E-state index contributed by atoms with van der Waals surface area (Å²) in [7, 11) is 1.66. The van der Waals surface area contributed by atoms with Crippen LogP contribution in [0.5, 0.6) is 0 Å². The second-order valence-corrected chi connectivity index (χ2v) is 8.86. The van der Waals surface area contributed by atoms with Gasteiger partial charge in [-0.1, -0.05) is 49.6 Å². The Kier molecular flexibility index (Phi) is 8.31. The molecular formula is C24H29FN2O2S. The van der Waals surface area contributed by atoms with Gasteiger partial charge in [-0.25, -0.2) is 4.39 Å². The van der Waals surface area contributed by atoms with Gasteiger partial charge in [-0.05, 0) is 37.0 Å². The van der Waals surface area contributed by atoms with Crippen LogP contribution < -0.4 is 5.32 Å². The van der Waals surface area contributed by atoms with Crippen molar-refractivity contribution in [3.05, 3.63) is 65.5 Å². The van der Waals surface area contributed by atoms with Gasteiger partial charge < -0.3 is 10.2 Å². The molecule has 1 N–H and O–H groups in total. The van der Waals surface area contributed by atoms with E-state index in [0.29, 0.717) is 17.0 Å². The first kappa shape index (κ1) is 22.3. The zero-order chi connectivity index (χ0) is 21.3. The number of hydrogen-bond acceptors (Lipinski definition) is 3. The van der Waals surface area contributed by atoms with E-state index in [4.69, 9.17) is 0 Å². The highest BCUT2D eigenvalue weighted by Gasteiger charge is 2.18. The number of rotatable bonds is 8. The highest BCUT2D eigenvalue weighted by molar-refractivity contribution is 8.00. The Bertz CT molecular complexity index is 868. The molecule has 160 valence electrons. The van der Waals surface area contributed by atoms with E-state index in [1.807, 2.05) is 12.1 Å². The predicted molar refractivity (Wildman–Crippen MR) is 119 cm³/mol. The molecule has 30 heavy (non-hydrogen) atoms. The minimum atomic E-state index is -0.325. The van der Waals surface area contributed by atoms with Crippen LogP contribution in [-0.2, 0) is 11.3 Å².